The third kappa shape index (κ3) is 2.44. The predicted octanol–water partition coefficient (Wildman–Crippen LogP) is 1.70. The molecule has 6 nitrogen and oxygen atoms in total. The molecule has 0 bridgehead atoms. The van der Waals surface area contributed by atoms with Crippen LogP contribution in [-0.4, -0.2) is 25.9 Å². The van der Waals surface area contributed by atoms with Crippen molar-refractivity contribution >= 4 is 16.3 Å². The molecule has 7 heteroatoms. The van der Waals surface area contributed by atoms with E-state index in [1.807, 2.05) is 10.6 Å². The van der Waals surface area contributed by atoms with Crippen molar-refractivity contribution in [2.75, 3.05) is 0 Å². The summed E-state index contributed by atoms with van der Waals surface area (Å²) >= 11 is 1.60. The first-order valence-corrected chi connectivity index (χ1v) is 7.87. The summed E-state index contributed by atoms with van der Waals surface area (Å²) in [5.41, 5.74) is 7.73. The van der Waals surface area contributed by atoms with Crippen LogP contribution in [0.5, 0.6) is 0 Å². The molecule has 1 saturated heterocycles. The van der Waals surface area contributed by atoms with Crippen LogP contribution in [0.15, 0.2) is 30.3 Å². The minimum Gasteiger partial charge on any atom is -0.254 e. The van der Waals surface area contributed by atoms with Crippen LogP contribution in [0.25, 0.3) is 4.96 Å². The highest BCUT2D eigenvalue weighted by Gasteiger charge is 2.27. The molecule has 0 amide bonds. The van der Waals surface area contributed by atoms with E-state index < -0.39 is 0 Å². The van der Waals surface area contributed by atoms with Gasteiger partial charge in [0.25, 0.3) is 0 Å². The normalized spacial score (nSPS) is 22.1. The molecule has 2 atom stereocenters. The minimum atomic E-state index is 0.168. The fourth-order valence-corrected chi connectivity index (χ4v) is 3.49. The second-order valence-corrected chi connectivity index (χ2v) is 6.43. The van der Waals surface area contributed by atoms with Crippen molar-refractivity contribution in [1.29, 1.82) is 0 Å². The molecule has 1 aliphatic heterocycles. The maximum Gasteiger partial charge on any atom is 0.234 e. The number of hydrazine groups is 1. The van der Waals surface area contributed by atoms with E-state index >= 15 is 0 Å². The largest absolute Gasteiger partial charge is 0.254 e. The standard InChI is InChI=1S/C14H16N6S/c1-9-7-11(16-15-9)13-17-18-14-20(13)19-12(21-14)8-10-5-3-2-4-6-10/h2-6,9,11,15-16H,7-8H2,1H3. The Morgan fingerprint density at radius 3 is 2.86 bits per heavy atom. The molecule has 3 heterocycles. The number of hydrogen-bond donors (Lipinski definition) is 2. The molecule has 1 aliphatic rings. The number of aromatic nitrogens is 4. The van der Waals surface area contributed by atoms with E-state index in [1.165, 1.54) is 5.56 Å². The minimum absolute atomic E-state index is 0.168. The van der Waals surface area contributed by atoms with Crippen molar-refractivity contribution < 1.29 is 0 Å². The van der Waals surface area contributed by atoms with Crippen LogP contribution < -0.4 is 10.9 Å². The van der Waals surface area contributed by atoms with Crippen LogP contribution >= 0.6 is 11.3 Å². The number of fused-ring (bicyclic) bond motifs is 1. The van der Waals surface area contributed by atoms with Crippen LogP contribution in [0.2, 0.25) is 0 Å². The lowest BCUT2D eigenvalue weighted by molar-refractivity contribution is 0.533. The van der Waals surface area contributed by atoms with E-state index in [1.54, 1.807) is 11.3 Å². The number of nitrogens with zero attached hydrogens (tertiary/aromatic N) is 4. The van der Waals surface area contributed by atoms with Crippen molar-refractivity contribution in [3.8, 4) is 0 Å². The van der Waals surface area contributed by atoms with Crippen LogP contribution in [0, 0.1) is 0 Å². The predicted molar refractivity (Wildman–Crippen MR) is 81.0 cm³/mol. The van der Waals surface area contributed by atoms with Crippen LogP contribution in [0.3, 0.4) is 0 Å². The van der Waals surface area contributed by atoms with Crippen molar-refractivity contribution in [3.05, 3.63) is 46.7 Å². The Bertz CT molecular complexity index is 749. The molecule has 1 aromatic carbocycles. The van der Waals surface area contributed by atoms with Gasteiger partial charge in [0.1, 0.15) is 5.01 Å². The molecule has 0 radical (unpaired) electrons. The van der Waals surface area contributed by atoms with Crippen molar-refractivity contribution in [2.24, 2.45) is 0 Å². The number of benzene rings is 1. The Hall–Kier alpha value is -1.83. The maximum atomic E-state index is 4.68. The van der Waals surface area contributed by atoms with Gasteiger partial charge in [-0.05, 0) is 18.9 Å². The summed E-state index contributed by atoms with van der Waals surface area (Å²) in [7, 11) is 0. The van der Waals surface area contributed by atoms with E-state index in [9.17, 15) is 0 Å². The zero-order valence-electron chi connectivity index (χ0n) is 11.7. The van der Waals surface area contributed by atoms with E-state index in [0.717, 1.165) is 28.6 Å². The van der Waals surface area contributed by atoms with Crippen LogP contribution in [-0.2, 0) is 6.42 Å². The van der Waals surface area contributed by atoms with Gasteiger partial charge in [-0.15, -0.1) is 10.2 Å². The first kappa shape index (κ1) is 12.9. The van der Waals surface area contributed by atoms with E-state index in [0.29, 0.717) is 6.04 Å². The Morgan fingerprint density at radius 2 is 2.10 bits per heavy atom. The Labute approximate surface area is 126 Å². The molecular formula is C14H16N6S. The SMILES string of the molecule is CC1CC(c2nnc3sc(Cc4ccccc4)nn23)NN1. The van der Waals surface area contributed by atoms with Gasteiger partial charge in [-0.3, -0.25) is 5.43 Å². The average Bonchev–Trinajstić information content (AvgIpc) is 3.15. The zero-order valence-corrected chi connectivity index (χ0v) is 12.5. The lowest BCUT2D eigenvalue weighted by atomic mass is 10.1. The van der Waals surface area contributed by atoms with Gasteiger partial charge in [0.05, 0.1) is 6.04 Å². The third-order valence-electron chi connectivity index (χ3n) is 3.66. The summed E-state index contributed by atoms with van der Waals surface area (Å²) in [6, 6.07) is 11.0. The summed E-state index contributed by atoms with van der Waals surface area (Å²) in [5, 5.41) is 14.3. The molecule has 0 aliphatic carbocycles. The summed E-state index contributed by atoms with van der Waals surface area (Å²) in [4.78, 5) is 0.859. The molecular weight excluding hydrogens is 284 g/mol. The molecule has 1 fully saturated rings. The Balaban J connectivity index is 1.63. The fraction of sp³-hybridized carbons (Fsp3) is 0.357. The Morgan fingerprint density at radius 1 is 1.24 bits per heavy atom. The van der Waals surface area contributed by atoms with Gasteiger partial charge in [-0.25, -0.2) is 5.43 Å². The molecule has 2 aromatic heterocycles. The van der Waals surface area contributed by atoms with E-state index in [4.69, 9.17) is 0 Å². The zero-order chi connectivity index (χ0) is 14.2. The van der Waals surface area contributed by atoms with Gasteiger partial charge in [-0.2, -0.15) is 9.61 Å². The highest BCUT2D eigenvalue weighted by molar-refractivity contribution is 7.16. The van der Waals surface area contributed by atoms with Crippen LogP contribution in [0.4, 0.5) is 0 Å². The van der Waals surface area contributed by atoms with Crippen molar-refractivity contribution in [2.45, 2.75) is 31.8 Å². The van der Waals surface area contributed by atoms with Gasteiger partial charge in [0.15, 0.2) is 5.82 Å². The molecule has 2 N–H and O–H groups in total. The van der Waals surface area contributed by atoms with Crippen molar-refractivity contribution in [1.82, 2.24) is 30.7 Å². The quantitative estimate of drug-likeness (QED) is 0.771. The number of rotatable bonds is 3. The number of nitrogens with one attached hydrogen (secondary N) is 2. The molecule has 2 unspecified atom stereocenters. The smallest absolute Gasteiger partial charge is 0.234 e. The fourth-order valence-electron chi connectivity index (χ4n) is 2.62. The highest BCUT2D eigenvalue weighted by atomic mass is 32.1. The summed E-state index contributed by atoms with van der Waals surface area (Å²) in [6.07, 6.45) is 1.83. The lowest BCUT2D eigenvalue weighted by Gasteiger charge is -2.04. The summed E-state index contributed by atoms with van der Waals surface area (Å²) < 4.78 is 1.88. The average molecular weight is 300 g/mol. The topological polar surface area (TPSA) is 67.1 Å². The summed E-state index contributed by atoms with van der Waals surface area (Å²) in [6.45, 7) is 2.15. The highest BCUT2D eigenvalue weighted by Crippen LogP contribution is 2.24. The maximum absolute atomic E-state index is 4.68. The van der Waals surface area contributed by atoms with Crippen LogP contribution in [0.1, 0.15) is 35.8 Å². The molecule has 108 valence electrons. The monoisotopic (exact) mass is 300 g/mol. The second-order valence-electron chi connectivity index (χ2n) is 5.39. The van der Waals surface area contributed by atoms with E-state index in [-0.39, 0.29) is 6.04 Å². The van der Waals surface area contributed by atoms with E-state index in [2.05, 4.69) is 57.3 Å². The number of hydrogen-bond acceptors (Lipinski definition) is 6. The van der Waals surface area contributed by atoms with Crippen molar-refractivity contribution in [3.63, 3.8) is 0 Å². The first-order chi connectivity index (χ1) is 10.3. The molecule has 4 rings (SSSR count). The van der Waals surface area contributed by atoms with Gasteiger partial charge in [-0.1, -0.05) is 41.7 Å². The lowest BCUT2D eigenvalue weighted by Crippen LogP contribution is -2.29. The van der Waals surface area contributed by atoms with Gasteiger partial charge in [0.2, 0.25) is 4.96 Å². The molecule has 0 saturated carbocycles. The first-order valence-electron chi connectivity index (χ1n) is 7.05. The molecule has 0 spiro atoms. The third-order valence-corrected chi connectivity index (χ3v) is 4.56. The van der Waals surface area contributed by atoms with Gasteiger partial charge >= 0.3 is 0 Å². The molecule has 21 heavy (non-hydrogen) atoms. The molecule has 3 aromatic rings. The van der Waals surface area contributed by atoms with Gasteiger partial charge in [0, 0.05) is 12.5 Å². The Kier molecular flexibility index (Phi) is 3.17. The van der Waals surface area contributed by atoms with Gasteiger partial charge < -0.3 is 0 Å². The summed E-state index contributed by atoms with van der Waals surface area (Å²) in [5.74, 6) is 0.886. The second kappa shape index (κ2) is 5.18.